The Morgan fingerprint density at radius 1 is 0.775 bits per heavy atom. The number of hydrogen-bond donors (Lipinski definition) is 4. The lowest BCUT2D eigenvalue weighted by Gasteiger charge is -2.42. The molecule has 3 heterocycles. The molecule has 0 radical (unpaired) electrons. The fraction of sp³-hybridized carbons (Fsp3) is 0.532. The molecule has 1 fully saturated rings. The maximum absolute atomic E-state index is 12.9. The molecular formula is C47H64N3O17S4+. The van der Waals surface area contributed by atoms with E-state index in [2.05, 4.69) is 0 Å². The van der Waals surface area contributed by atoms with E-state index in [0.717, 1.165) is 0 Å². The Balaban J connectivity index is 1.66. The molecule has 3 aliphatic rings. The Kier molecular flexibility index (Phi) is 17.0. The third-order valence-corrected chi connectivity index (χ3v) is 16.2. The Morgan fingerprint density at radius 3 is 1.85 bits per heavy atom. The SMILES string of the molecule is CC(C=CC1=[N+](CCCC(=O)ON2C(=O)CCC2=O)c2ccc(S(=O)(=O)O)cc2C1(C)CCCS(=O)(=O)O)=CC=C1N(C(C)(C)CCOC(C)(C)C)c2ccc(S(=O)(=O)O)cc2C1(C)CCCS(=O)(=O)O. The van der Waals surface area contributed by atoms with Crippen LogP contribution in [-0.4, -0.2) is 121 Å². The van der Waals surface area contributed by atoms with E-state index in [4.69, 9.17) is 9.57 Å². The Labute approximate surface area is 416 Å². The van der Waals surface area contributed by atoms with Crippen molar-refractivity contribution in [1.29, 1.82) is 0 Å². The molecule has 2 aromatic rings. The van der Waals surface area contributed by atoms with E-state index >= 15 is 0 Å². The van der Waals surface area contributed by atoms with Crippen LogP contribution in [0.15, 0.2) is 81.8 Å². The van der Waals surface area contributed by atoms with Gasteiger partial charge in [-0.1, -0.05) is 17.7 Å². The lowest BCUT2D eigenvalue weighted by molar-refractivity contribution is -0.438. The van der Waals surface area contributed by atoms with Crippen LogP contribution in [0.2, 0.25) is 0 Å². The van der Waals surface area contributed by atoms with Crippen molar-refractivity contribution in [2.75, 3.05) is 29.6 Å². The van der Waals surface area contributed by atoms with E-state index in [-0.39, 0.29) is 62.8 Å². The molecule has 0 saturated carbocycles. The second-order valence-corrected chi connectivity index (χ2v) is 26.1. The Bertz CT molecular complexity index is 3030. The van der Waals surface area contributed by atoms with Gasteiger partial charge in [-0.15, -0.1) is 5.06 Å². The maximum Gasteiger partial charge on any atom is 0.333 e. The number of amides is 2. The summed E-state index contributed by atoms with van der Waals surface area (Å²) < 4.78 is 145. The molecule has 20 nitrogen and oxygen atoms in total. The van der Waals surface area contributed by atoms with Crippen molar-refractivity contribution < 1.29 is 80.4 Å². The van der Waals surface area contributed by atoms with E-state index in [0.29, 0.717) is 57.6 Å². The van der Waals surface area contributed by atoms with Gasteiger partial charge in [-0.25, -0.2) is 4.79 Å². The van der Waals surface area contributed by atoms with Gasteiger partial charge in [0.15, 0.2) is 5.71 Å². The van der Waals surface area contributed by atoms with Crippen molar-refractivity contribution >= 4 is 75.3 Å². The van der Waals surface area contributed by atoms with Gasteiger partial charge in [-0.05, 0) is 129 Å². The molecule has 71 heavy (non-hydrogen) atoms. The Morgan fingerprint density at radius 2 is 1.31 bits per heavy atom. The van der Waals surface area contributed by atoms with Crippen LogP contribution in [0.3, 0.4) is 0 Å². The number of ether oxygens (including phenoxy) is 1. The minimum absolute atomic E-state index is 0.0353. The fourth-order valence-corrected chi connectivity index (χ4v) is 11.3. The van der Waals surface area contributed by atoms with Gasteiger partial charge in [-0.3, -0.25) is 27.8 Å². The van der Waals surface area contributed by atoms with Crippen molar-refractivity contribution in [1.82, 2.24) is 5.06 Å². The van der Waals surface area contributed by atoms with E-state index in [9.17, 15) is 66.3 Å². The number of hydrogen-bond acceptors (Lipinski definition) is 14. The van der Waals surface area contributed by atoms with Gasteiger partial charge in [0.2, 0.25) is 5.69 Å². The van der Waals surface area contributed by atoms with Crippen molar-refractivity contribution in [2.24, 2.45) is 0 Å². The highest BCUT2D eigenvalue weighted by atomic mass is 32.2. The van der Waals surface area contributed by atoms with Gasteiger partial charge in [0.05, 0.1) is 38.7 Å². The van der Waals surface area contributed by atoms with Crippen molar-refractivity contribution in [3.05, 3.63) is 83.1 Å². The normalized spacial score (nSPS) is 21.0. The van der Waals surface area contributed by atoms with Gasteiger partial charge in [0, 0.05) is 65.9 Å². The molecular weight excluding hydrogens is 1010 g/mol. The molecule has 0 aliphatic carbocycles. The highest BCUT2D eigenvalue weighted by molar-refractivity contribution is 7.86. The van der Waals surface area contributed by atoms with Crippen LogP contribution >= 0.6 is 0 Å². The summed E-state index contributed by atoms with van der Waals surface area (Å²) in [5.74, 6) is -3.39. The average Bonchev–Trinajstić information content (AvgIpc) is 3.76. The van der Waals surface area contributed by atoms with E-state index in [1.807, 2.05) is 52.5 Å². The fourth-order valence-electron chi connectivity index (χ4n) is 9.29. The maximum atomic E-state index is 12.9. The molecule has 0 aromatic heterocycles. The quantitative estimate of drug-likeness (QED) is 0.0429. The van der Waals surface area contributed by atoms with Gasteiger partial charge < -0.3 is 14.5 Å². The van der Waals surface area contributed by atoms with Crippen LogP contribution in [0.4, 0.5) is 11.4 Å². The molecule has 24 heteroatoms. The summed E-state index contributed by atoms with van der Waals surface area (Å²) in [5.41, 5.74) is 0.0872. The third kappa shape index (κ3) is 14.1. The van der Waals surface area contributed by atoms with E-state index < -0.39 is 96.6 Å². The first-order valence-electron chi connectivity index (χ1n) is 22.8. The van der Waals surface area contributed by atoms with Crippen LogP contribution in [0.25, 0.3) is 0 Å². The zero-order chi connectivity index (χ0) is 53.3. The van der Waals surface area contributed by atoms with Crippen LogP contribution < -0.4 is 4.90 Å². The number of benzene rings is 2. The standard InChI is InChI=1S/C47H63N3O17S4/c1-32(14-20-40-47(8,24-11-29-69(57,58)59)36-31-34(71(63,64)65)16-18-38(36)49(40)45(5,6)25-27-66-44(2,3)4)13-19-39-46(7,23-10-28-68(54,55)56)35-30-33(70(60,61)62)15-17-37(35)48(39)26-9-12-43(53)67-50-41(51)21-22-42(50)52/h13-20,30-31H,9-12,21-29H2,1-8H3,(H3-,54,55,56,57,58,59,60,61,62,63,64,65)/p+1. The van der Waals surface area contributed by atoms with Crippen molar-refractivity contribution in [3.63, 3.8) is 0 Å². The number of fused-ring (bicyclic) bond motifs is 2. The average molecular weight is 1070 g/mol. The van der Waals surface area contributed by atoms with Crippen LogP contribution in [0.1, 0.15) is 124 Å². The smallest absolute Gasteiger partial charge is 0.333 e. The number of rotatable bonds is 22. The largest absolute Gasteiger partial charge is 0.376 e. The summed E-state index contributed by atoms with van der Waals surface area (Å²) >= 11 is 0. The van der Waals surface area contributed by atoms with Crippen LogP contribution in [0, 0.1) is 0 Å². The molecule has 1 saturated heterocycles. The Hall–Kier alpha value is -4.66. The highest BCUT2D eigenvalue weighted by Crippen LogP contribution is 2.54. The second kappa shape index (κ2) is 21.1. The minimum atomic E-state index is -4.74. The lowest BCUT2D eigenvalue weighted by Crippen LogP contribution is -2.45. The monoisotopic (exact) mass is 1070 g/mol. The van der Waals surface area contributed by atoms with E-state index in [1.165, 1.54) is 30.3 Å². The zero-order valence-electron chi connectivity index (χ0n) is 41.0. The summed E-state index contributed by atoms with van der Waals surface area (Å²) in [6, 6.07) is 8.14. The summed E-state index contributed by atoms with van der Waals surface area (Å²) in [4.78, 5) is 43.4. The summed E-state index contributed by atoms with van der Waals surface area (Å²) in [7, 11) is -18.3. The second-order valence-electron chi connectivity index (χ2n) is 20.1. The van der Waals surface area contributed by atoms with Gasteiger partial charge in [0.1, 0.15) is 6.54 Å². The van der Waals surface area contributed by atoms with Gasteiger partial charge >= 0.3 is 5.97 Å². The number of imide groups is 1. The molecule has 0 spiro atoms. The molecule has 2 unspecified atom stereocenters. The molecule has 0 bridgehead atoms. The minimum Gasteiger partial charge on any atom is -0.376 e. The number of carbonyl (C=O) groups is 3. The first kappa shape index (κ1) is 57.2. The number of anilines is 1. The first-order chi connectivity index (χ1) is 32.5. The number of nitrogens with zero attached hydrogens (tertiary/aromatic N) is 3. The molecule has 2 atom stereocenters. The number of carbonyl (C=O) groups excluding carboxylic acids is 3. The van der Waals surface area contributed by atoms with Crippen molar-refractivity contribution in [3.8, 4) is 0 Å². The molecule has 2 aromatic carbocycles. The molecule has 4 N–H and O–H groups in total. The molecule has 3 aliphatic heterocycles. The molecule has 392 valence electrons. The molecule has 5 rings (SSSR count). The highest BCUT2D eigenvalue weighted by Gasteiger charge is 2.50. The predicted octanol–water partition coefficient (Wildman–Crippen LogP) is 6.41. The third-order valence-electron chi connectivity index (χ3n) is 12.9. The predicted molar refractivity (Wildman–Crippen MR) is 263 cm³/mol. The number of hydroxylamine groups is 2. The lowest BCUT2D eigenvalue weighted by atomic mass is 9.75. The van der Waals surface area contributed by atoms with Gasteiger partial charge in [-0.2, -0.15) is 38.2 Å². The van der Waals surface area contributed by atoms with E-state index in [1.54, 1.807) is 42.7 Å². The number of allylic oxidation sites excluding steroid dienone is 6. The van der Waals surface area contributed by atoms with Crippen molar-refractivity contribution in [2.45, 2.75) is 145 Å². The summed E-state index contributed by atoms with van der Waals surface area (Å²) in [6.45, 7) is 15.4. The summed E-state index contributed by atoms with van der Waals surface area (Å²) in [5, 5.41) is 0.437. The zero-order valence-corrected chi connectivity index (χ0v) is 44.3. The van der Waals surface area contributed by atoms with Crippen LogP contribution in [0.5, 0.6) is 0 Å². The van der Waals surface area contributed by atoms with Crippen LogP contribution in [-0.2, 0) is 75.3 Å². The first-order valence-corrected chi connectivity index (χ1v) is 28.9. The van der Waals surface area contributed by atoms with Gasteiger partial charge in [0.25, 0.3) is 52.3 Å². The summed E-state index contributed by atoms with van der Waals surface area (Å²) in [6.07, 6.45) is 7.12. The topological polar surface area (TPSA) is 297 Å². The molecule has 2 amide bonds.